The van der Waals surface area contributed by atoms with Crippen molar-refractivity contribution in [1.29, 1.82) is 0 Å². The fraction of sp³-hybridized carbons (Fsp3) is 0.867. The molecule has 118 valence electrons. The van der Waals surface area contributed by atoms with Crippen LogP contribution in [0.15, 0.2) is 4.52 Å². The summed E-state index contributed by atoms with van der Waals surface area (Å²) in [4.78, 5) is 6.80. The van der Waals surface area contributed by atoms with Crippen molar-refractivity contribution < 1.29 is 14.4 Å². The monoisotopic (exact) mass is 295 g/mol. The second-order valence-corrected chi connectivity index (χ2v) is 6.95. The maximum atomic E-state index is 9.86. The molecule has 1 aliphatic heterocycles. The molecule has 2 aliphatic rings. The Bertz CT molecular complexity index is 502. The van der Waals surface area contributed by atoms with Gasteiger partial charge in [0.15, 0.2) is 0 Å². The Morgan fingerprint density at radius 2 is 2.33 bits per heavy atom. The van der Waals surface area contributed by atoms with Gasteiger partial charge in [0.25, 0.3) is 0 Å². The number of rotatable bonds is 5. The van der Waals surface area contributed by atoms with Crippen molar-refractivity contribution >= 4 is 0 Å². The lowest BCUT2D eigenvalue weighted by Crippen LogP contribution is -2.46. The van der Waals surface area contributed by atoms with Crippen molar-refractivity contribution in [3.05, 3.63) is 11.7 Å². The normalized spacial score (nSPS) is 30.0. The Morgan fingerprint density at radius 1 is 1.52 bits per heavy atom. The largest absolute Gasteiger partial charge is 0.394 e. The van der Waals surface area contributed by atoms with Crippen LogP contribution < -0.4 is 0 Å². The maximum Gasteiger partial charge on any atom is 0.240 e. The van der Waals surface area contributed by atoms with Gasteiger partial charge in [0, 0.05) is 19.2 Å². The number of fused-ring (bicyclic) bond motifs is 2. The number of methoxy groups -OCH3 is 1. The van der Waals surface area contributed by atoms with Crippen molar-refractivity contribution in [3.8, 4) is 0 Å². The molecule has 21 heavy (non-hydrogen) atoms. The Kier molecular flexibility index (Phi) is 3.80. The van der Waals surface area contributed by atoms with Gasteiger partial charge in [-0.05, 0) is 39.0 Å². The zero-order chi connectivity index (χ0) is 15.1. The van der Waals surface area contributed by atoms with E-state index in [1.165, 1.54) is 12.8 Å². The number of likely N-dealkylation sites (tertiary alicyclic amines) is 1. The zero-order valence-corrected chi connectivity index (χ0v) is 13.1. The summed E-state index contributed by atoms with van der Waals surface area (Å²) in [6, 6.07) is 0. The third-order valence-electron chi connectivity index (χ3n) is 5.21. The van der Waals surface area contributed by atoms with Crippen LogP contribution in [0.1, 0.15) is 51.2 Å². The summed E-state index contributed by atoms with van der Waals surface area (Å²) in [5.74, 6) is 1.87. The van der Waals surface area contributed by atoms with Gasteiger partial charge in [0.05, 0.1) is 13.2 Å². The lowest BCUT2D eigenvalue weighted by molar-refractivity contribution is 0.00973. The number of hydrogen-bond donors (Lipinski definition) is 1. The van der Waals surface area contributed by atoms with Gasteiger partial charge < -0.3 is 14.4 Å². The van der Waals surface area contributed by atoms with E-state index in [1.54, 1.807) is 7.11 Å². The fourth-order valence-electron chi connectivity index (χ4n) is 3.70. The first-order chi connectivity index (χ1) is 9.99. The summed E-state index contributed by atoms with van der Waals surface area (Å²) in [5, 5.41) is 13.9. The van der Waals surface area contributed by atoms with Gasteiger partial charge in [-0.3, -0.25) is 4.90 Å². The molecule has 1 aromatic rings. The molecule has 2 atom stereocenters. The lowest BCUT2D eigenvalue weighted by atomic mass is 9.80. The highest BCUT2D eigenvalue weighted by Gasteiger charge is 2.47. The van der Waals surface area contributed by atoms with E-state index in [0.717, 1.165) is 19.4 Å². The van der Waals surface area contributed by atoms with E-state index >= 15 is 0 Å². The van der Waals surface area contributed by atoms with Gasteiger partial charge in [-0.25, -0.2) is 0 Å². The first kappa shape index (κ1) is 14.9. The molecule has 1 aliphatic carbocycles. The van der Waals surface area contributed by atoms with E-state index in [-0.39, 0.29) is 12.1 Å². The molecule has 2 fully saturated rings. The van der Waals surface area contributed by atoms with E-state index in [1.807, 2.05) is 13.8 Å². The summed E-state index contributed by atoms with van der Waals surface area (Å²) < 4.78 is 10.8. The summed E-state index contributed by atoms with van der Waals surface area (Å²) >= 11 is 0. The minimum atomic E-state index is -0.544. The predicted molar refractivity (Wildman–Crippen MR) is 76.5 cm³/mol. The van der Waals surface area contributed by atoms with Gasteiger partial charge in [0.2, 0.25) is 11.7 Å². The molecule has 0 radical (unpaired) electrons. The molecule has 2 unspecified atom stereocenters. The van der Waals surface area contributed by atoms with Crippen LogP contribution in [0, 0.1) is 5.92 Å². The SMILES string of the molecule is COC(C)(C)c1noc(CN2CC3CCCC2(CO)C3)n1. The van der Waals surface area contributed by atoms with Gasteiger partial charge in [-0.15, -0.1) is 0 Å². The first-order valence-corrected chi connectivity index (χ1v) is 7.73. The summed E-state index contributed by atoms with van der Waals surface area (Å²) in [6.07, 6.45) is 4.62. The third-order valence-corrected chi connectivity index (χ3v) is 5.21. The highest BCUT2D eigenvalue weighted by Crippen LogP contribution is 2.44. The Morgan fingerprint density at radius 3 is 3.05 bits per heavy atom. The van der Waals surface area contributed by atoms with Gasteiger partial charge in [-0.2, -0.15) is 4.98 Å². The molecular formula is C15H25N3O3. The smallest absolute Gasteiger partial charge is 0.240 e. The van der Waals surface area contributed by atoms with Crippen LogP contribution in [0.5, 0.6) is 0 Å². The topological polar surface area (TPSA) is 71.6 Å². The van der Waals surface area contributed by atoms with E-state index in [4.69, 9.17) is 9.26 Å². The minimum Gasteiger partial charge on any atom is -0.394 e. The standard InChI is InChI=1S/C15H25N3O3/c1-14(2,20-3)13-16-12(21-17-13)9-18-8-11-5-4-6-15(18,7-11)10-19/h11,19H,4-10H2,1-3H3. The van der Waals surface area contributed by atoms with Crippen LogP contribution in [-0.2, 0) is 16.9 Å². The van der Waals surface area contributed by atoms with Crippen molar-refractivity contribution in [2.45, 2.75) is 57.2 Å². The van der Waals surface area contributed by atoms with Crippen LogP contribution in [0.3, 0.4) is 0 Å². The Balaban J connectivity index is 1.75. The Labute approximate surface area is 125 Å². The average molecular weight is 295 g/mol. The van der Waals surface area contributed by atoms with Crippen LogP contribution in [-0.4, -0.2) is 45.9 Å². The molecule has 1 N–H and O–H groups in total. The fourth-order valence-corrected chi connectivity index (χ4v) is 3.70. The van der Waals surface area contributed by atoms with Crippen molar-refractivity contribution in [2.24, 2.45) is 5.92 Å². The summed E-state index contributed by atoms with van der Waals surface area (Å²) in [7, 11) is 1.64. The van der Waals surface area contributed by atoms with Crippen molar-refractivity contribution in [1.82, 2.24) is 15.0 Å². The van der Waals surface area contributed by atoms with Gasteiger partial charge in [0.1, 0.15) is 5.60 Å². The quantitative estimate of drug-likeness (QED) is 0.891. The predicted octanol–water partition coefficient (Wildman–Crippen LogP) is 1.69. The van der Waals surface area contributed by atoms with Crippen LogP contribution in [0.2, 0.25) is 0 Å². The van der Waals surface area contributed by atoms with Crippen molar-refractivity contribution in [2.75, 3.05) is 20.3 Å². The number of ether oxygens (including phenoxy) is 1. The number of nitrogens with zero attached hydrogens (tertiary/aromatic N) is 3. The second-order valence-electron chi connectivity index (χ2n) is 6.95. The molecule has 0 amide bonds. The number of aromatic nitrogens is 2. The Hall–Kier alpha value is -0.980. The van der Waals surface area contributed by atoms with E-state index in [9.17, 15) is 5.11 Å². The highest BCUT2D eigenvalue weighted by atomic mass is 16.5. The van der Waals surface area contributed by atoms with Crippen LogP contribution >= 0.6 is 0 Å². The molecule has 2 heterocycles. The van der Waals surface area contributed by atoms with Crippen LogP contribution in [0.25, 0.3) is 0 Å². The minimum absolute atomic E-state index is 0.0751. The van der Waals surface area contributed by atoms with Crippen LogP contribution in [0.4, 0.5) is 0 Å². The average Bonchev–Trinajstić information content (AvgIpc) is 3.04. The van der Waals surface area contributed by atoms with Gasteiger partial charge in [-0.1, -0.05) is 11.6 Å². The number of aliphatic hydroxyl groups is 1. The highest BCUT2D eigenvalue weighted by molar-refractivity contribution is 5.04. The molecular weight excluding hydrogens is 270 g/mol. The molecule has 1 saturated carbocycles. The van der Waals surface area contributed by atoms with E-state index in [2.05, 4.69) is 15.0 Å². The van der Waals surface area contributed by atoms with Gasteiger partial charge >= 0.3 is 0 Å². The molecule has 6 nitrogen and oxygen atoms in total. The van der Waals surface area contributed by atoms with Crippen molar-refractivity contribution in [3.63, 3.8) is 0 Å². The summed E-state index contributed by atoms with van der Waals surface area (Å²) in [5.41, 5.74) is -0.619. The zero-order valence-electron chi connectivity index (χ0n) is 13.1. The molecule has 1 aromatic heterocycles. The number of aliphatic hydroxyl groups excluding tert-OH is 1. The lowest BCUT2D eigenvalue weighted by Gasteiger charge is -2.37. The maximum absolute atomic E-state index is 9.86. The molecule has 2 bridgehead atoms. The van der Waals surface area contributed by atoms with E-state index in [0.29, 0.717) is 24.2 Å². The summed E-state index contributed by atoms with van der Waals surface area (Å²) in [6.45, 7) is 5.68. The third kappa shape index (κ3) is 2.60. The molecule has 0 aromatic carbocycles. The molecule has 3 rings (SSSR count). The molecule has 0 spiro atoms. The molecule has 1 saturated heterocycles. The molecule has 6 heteroatoms. The number of hydrogen-bond acceptors (Lipinski definition) is 6. The first-order valence-electron chi connectivity index (χ1n) is 7.73. The second kappa shape index (κ2) is 5.34. The van der Waals surface area contributed by atoms with E-state index < -0.39 is 5.60 Å².